The molecule has 1 aliphatic heterocycles. The second-order valence-corrected chi connectivity index (χ2v) is 7.46. The van der Waals surface area contributed by atoms with Crippen molar-refractivity contribution in [1.29, 1.82) is 0 Å². The average Bonchev–Trinajstić information content (AvgIpc) is 3.34. The minimum atomic E-state index is -0.156. The predicted octanol–water partition coefficient (Wildman–Crippen LogP) is 1.70. The highest BCUT2D eigenvalue weighted by Crippen LogP contribution is 2.53. The molecule has 7 heteroatoms. The minimum Gasteiger partial charge on any atom is -0.446 e. The molecule has 24 heavy (non-hydrogen) atoms. The third-order valence-corrected chi connectivity index (χ3v) is 6.38. The average molecular weight is 345 g/mol. The molecule has 1 aliphatic carbocycles. The molecule has 2 heterocycles. The van der Waals surface area contributed by atoms with E-state index in [9.17, 15) is 9.59 Å². The summed E-state index contributed by atoms with van der Waals surface area (Å²) in [6, 6.07) is 7.90. The molecule has 2 aliphatic rings. The zero-order valence-corrected chi connectivity index (χ0v) is 14.0. The van der Waals surface area contributed by atoms with E-state index in [-0.39, 0.29) is 23.9 Å². The minimum absolute atomic E-state index is 0.0697. The van der Waals surface area contributed by atoms with Gasteiger partial charge in [-0.1, -0.05) is 6.07 Å². The molecular formula is C17H19N3O3S. The number of hydrogen-bond acceptors (Lipinski definition) is 6. The quantitative estimate of drug-likeness (QED) is 0.657. The number of aromatic nitrogens is 1. The molecule has 1 aromatic heterocycles. The molecule has 0 amide bonds. The summed E-state index contributed by atoms with van der Waals surface area (Å²) >= 11 is 1.70. The highest BCUT2D eigenvalue weighted by molar-refractivity contribution is 7.97. The fraction of sp³-hybridized carbons (Fsp3) is 0.412. The standard InChI is InChI=1S/C17H19N3O3S/c18-15-5-9-20(17(15)6-7-17)24-14-3-1-2-13-12(14)4-8-19(16(13)22)10-23-11-21/h1-4,8,11,15H,5-7,9-10,18H2. The summed E-state index contributed by atoms with van der Waals surface area (Å²) in [5.74, 6) is 0. The van der Waals surface area contributed by atoms with Gasteiger partial charge in [0, 0.05) is 40.0 Å². The number of nitrogens with zero attached hydrogens (tertiary/aromatic N) is 2. The number of nitrogens with two attached hydrogens (primary N) is 1. The van der Waals surface area contributed by atoms with Gasteiger partial charge >= 0.3 is 0 Å². The maximum absolute atomic E-state index is 12.5. The maximum atomic E-state index is 12.5. The highest BCUT2D eigenvalue weighted by Gasteiger charge is 2.56. The Hall–Kier alpha value is -1.83. The molecule has 1 atom stereocenters. The Labute approximate surface area is 143 Å². The van der Waals surface area contributed by atoms with Gasteiger partial charge in [-0.05, 0) is 49.4 Å². The third kappa shape index (κ3) is 2.44. The van der Waals surface area contributed by atoms with E-state index in [1.807, 2.05) is 24.3 Å². The number of fused-ring (bicyclic) bond motifs is 1. The maximum Gasteiger partial charge on any atom is 0.294 e. The summed E-state index contributed by atoms with van der Waals surface area (Å²) < 4.78 is 8.47. The van der Waals surface area contributed by atoms with Gasteiger partial charge in [0.05, 0.1) is 0 Å². The lowest BCUT2D eigenvalue weighted by Crippen LogP contribution is -2.38. The molecule has 1 unspecified atom stereocenters. The lowest BCUT2D eigenvalue weighted by atomic mass is 10.1. The third-order valence-electron chi connectivity index (χ3n) is 5.06. The largest absolute Gasteiger partial charge is 0.446 e. The topological polar surface area (TPSA) is 77.6 Å². The lowest BCUT2D eigenvalue weighted by Gasteiger charge is -2.25. The van der Waals surface area contributed by atoms with Crippen LogP contribution in [0.1, 0.15) is 19.3 Å². The number of carbonyl (C=O) groups is 1. The van der Waals surface area contributed by atoms with Crippen LogP contribution in [0.3, 0.4) is 0 Å². The molecule has 1 saturated carbocycles. The van der Waals surface area contributed by atoms with Crippen LogP contribution < -0.4 is 11.3 Å². The first-order valence-corrected chi connectivity index (χ1v) is 8.82. The van der Waals surface area contributed by atoms with E-state index in [1.165, 1.54) is 4.57 Å². The molecule has 0 bridgehead atoms. The summed E-state index contributed by atoms with van der Waals surface area (Å²) in [6.45, 7) is 1.25. The Morgan fingerprint density at radius 2 is 2.17 bits per heavy atom. The zero-order chi connectivity index (χ0) is 16.7. The number of ether oxygens (including phenoxy) is 1. The van der Waals surface area contributed by atoms with Gasteiger partial charge in [0.25, 0.3) is 12.0 Å². The van der Waals surface area contributed by atoms with E-state index in [2.05, 4.69) is 9.04 Å². The van der Waals surface area contributed by atoms with Crippen LogP contribution in [0.2, 0.25) is 0 Å². The molecule has 126 valence electrons. The Balaban J connectivity index is 1.68. The van der Waals surface area contributed by atoms with E-state index in [0.29, 0.717) is 11.9 Å². The molecule has 4 rings (SSSR count). The smallest absolute Gasteiger partial charge is 0.294 e. The highest BCUT2D eigenvalue weighted by atomic mass is 32.2. The first kappa shape index (κ1) is 15.7. The second kappa shape index (κ2) is 5.91. The van der Waals surface area contributed by atoms with Crippen LogP contribution in [0.15, 0.2) is 40.2 Å². The molecule has 1 saturated heterocycles. The van der Waals surface area contributed by atoms with Gasteiger partial charge < -0.3 is 10.5 Å². The molecule has 2 N–H and O–H groups in total. The van der Waals surface area contributed by atoms with Gasteiger partial charge in [0.15, 0.2) is 6.73 Å². The van der Waals surface area contributed by atoms with Crippen molar-refractivity contribution in [3.8, 4) is 0 Å². The first-order chi connectivity index (χ1) is 11.7. The molecule has 6 nitrogen and oxygen atoms in total. The SMILES string of the molecule is NC1CCN(Sc2cccc3c(=O)n(COC=O)ccc23)C12CC2. The Bertz CT molecular complexity index is 847. The Morgan fingerprint density at radius 3 is 2.92 bits per heavy atom. The summed E-state index contributed by atoms with van der Waals surface area (Å²) in [4.78, 5) is 23.9. The van der Waals surface area contributed by atoms with E-state index < -0.39 is 0 Å². The van der Waals surface area contributed by atoms with E-state index in [4.69, 9.17) is 5.73 Å². The number of rotatable bonds is 5. The summed E-state index contributed by atoms with van der Waals surface area (Å²) in [7, 11) is 0. The van der Waals surface area contributed by atoms with Crippen LogP contribution in [-0.2, 0) is 16.3 Å². The summed E-state index contributed by atoms with van der Waals surface area (Å²) in [5, 5.41) is 1.55. The van der Waals surface area contributed by atoms with Crippen LogP contribution in [0.5, 0.6) is 0 Å². The monoisotopic (exact) mass is 345 g/mol. The van der Waals surface area contributed by atoms with Gasteiger partial charge in [-0.2, -0.15) is 0 Å². The van der Waals surface area contributed by atoms with Gasteiger partial charge in [-0.15, -0.1) is 0 Å². The molecule has 0 radical (unpaired) electrons. The van der Waals surface area contributed by atoms with Gasteiger partial charge in [-0.3, -0.25) is 14.2 Å². The van der Waals surface area contributed by atoms with Crippen molar-refractivity contribution in [2.45, 2.75) is 42.5 Å². The molecule has 2 aromatic rings. The van der Waals surface area contributed by atoms with Crippen LogP contribution in [0.25, 0.3) is 10.8 Å². The van der Waals surface area contributed by atoms with E-state index in [1.54, 1.807) is 18.1 Å². The van der Waals surface area contributed by atoms with E-state index >= 15 is 0 Å². The zero-order valence-electron chi connectivity index (χ0n) is 13.2. The van der Waals surface area contributed by atoms with Crippen LogP contribution in [0, 0.1) is 0 Å². The van der Waals surface area contributed by atoms with Crippen molar-refractivity contribution in [2.24, 2.45) is 5.73 Å². The fourth-order valence-corrected chi connectivity index (χ4v) is 4.87. The number of carbonyl (C=O) groups excluding carboxylic acids is 1. The molecule has 1 aromatic carbocycles. The van der Waals surface area contributed by atoms with Crippen LogP contribution in [-0.4, -0.2) is 33.5 Å². The van der Waals surface area contributed by atoms with Crippen molar-refractivity contribution >= 4 is 29.2 Å². The van der Waals surface area contributed by atoms with Crippen molar-refractivity contribution in [3.05, 3.63) is 40.8 Å². The summed E-state index contributed by atoms with van der Waals surface area (Å²) in [5.41, 5.74) is 6.27. The molecule has 1 spiro atoms. The Morgan fingerprint density at radius 1 is 1.33 bits per heavy atom. The van der Waals surface area contributed by atoms with Gasteiger partial charge in [-0.25, -0.2) is 4.31 Å². The Kier molecular flexibility index (Phi) is 3.86. The van der Waals surface area contributed by atoms with Crippen molar-refractivity contribution in [2.75, 3.05) is 6.54 Å². The van der Waals surface area contributed by atoms with Crippen LogP contribution in [0.4, 0.5) is 0 Å². The normalized spacial score (nSPS) is 22.1. The first-order valence-electron chi connectivity index (χ1n) is 8.04. The van der Waals surface area contributed by atoms with Gasteiger partial charge in [0.1, 0.15) is 0 Å². The van der Waals surface area contributed by atoms with Crippen molar-refractivity contribution in [3.63, 3.8) is 0 Å². The van der Waals surface area contributed by atoms with E-state index in [0.717, 1.165) is 36.1 Å². The number of hydrogen-bond donors (Lipinski definition) is 1. The molecule has 2 fully saturated rings. The lowest BCUT2D eigenvalue weighted by molar-refractivity contribution is -0.132. The summed E-state index contributed by atoms with van der Waals surface area (Å²) in [6.07, 6.45) is 5.00. The second-order valence-electron chi connectivity index (χ2n) is 6.39. The van der Waals surface area contributed by atoms with Crippen LogP contribution >= 0.6 is 11.9 Å². The predicted molar refractivity (Wildman–Crippen MR) is 92.5 cm³/mol. The number of benzene rings is 1. The van der Waals surface area contributed by atoms with Crippen molar-refractivity contribution < 1.29 is 9.53 Å². The fourth-order valence-electron chi connectivity index (χ4n) is 3.52. The molecular weight excluding hydrogens is 326 g/mol. The number of pyridine rings is 1. The van der Waals surface area contributed by atoms with Crippen molar-refractivity contribution in [1.82, 2.24) is 8.87 Å². The van der Waals surface area contributed by atoms with Gasteiger partial charge in [0.2, 0.25) is 0 Å².